The quantitative estimate of drug-likeness (QED) is 0.888. The van der Waals surface area contributed by atoms with Crippen LogP contribution in [-0.4, -0.2) is 24.0 Å². The van der Waals surface area contributed by atoms with Crippen LogP contribution >= 0.6 is 27.5 Å². The third kappa shape index (κ3) is 3.25. The first-order chi connectivity index (χ1) is 9.91. The molecule has 108 valence electrons. The SMILES string of the molecule is CN(C(=O)c1ccc(Br)c(Cl)c1)c1ccccc1C(=O)O. The smallest absolute Gasteiger partial charge is 0.337 e. The molecule has 2 aromatic carbocycles. The Morgan fingerprint density at radius 2 is 1.86 bits per heavy atom. The minimum atomic E-state index is -1.08. The summed E-state index contributed by atoms with van der Waals surface area (Å²) in [5.41, 5.74) is 0.775. The number of carboxylic acids is 1. The van der Waals surface area contributed by atoms with Crippen molar-refractivity contribution in [2.75, 3.05) is 11.9 Å². The lowest BCUT2D eigenvalue weighted by Gasteiger charge is -2.19. The molecule has 21 heavy (non-hydrogen) atoms. The number of rotatable bonds is 3. The molecule has 0 aliphatic heterocycles. The summed E-state index contributed by atoms with van der Waals surface area (Å²) in [6.07, 6.45) is 0. The highest BCUT2D eigenvalue weighted by Crippen LogP contribution is 2.26. The van der Waals surface area contributed by atoms with Crippen molar-refractivity contribution in [1.82, 2.24) is 0 Å². The van der Waals surface area contributed by atoms with E-state index in [1.807, 2.05) is 0 Å². The van der Waals surface area contributed by atoms with Gasteiger partial charge in [-0.3, -0.25) is 4.79 Å². The molecule has 0 radical (unpaired) electrons. The summed E-state index contributed by atoms with van der Waals surface area (Å²) in [5, 5.41) is 9.60. The van der Waals surface area contributed by atoms with E-state index in [0.717, 1.165) is 0 Å². The molecular formula is C15H11BrClNO3. The topological polar surface area (TPSA) is 57.6 Å². The van der Waals surface area contributed by atoms with E-state index in [1.54, 1.807) is 30.3 Å². The number of hydrogen-bond acceptors (Lipinski definition) is 2. The lowest BCUT2D eigenvalue weighted by molar-refractivity contribution is 0.0697. The van der Waals surface area contributed by atoms with Crippen molar-refractivity contribution in [1.29, 1.82) is 0 Å². The summed E-state index contributed by atoms with van der Waals surface area (Å²) in [7, 11) is 1.53. The predicted molar refractivity (Wildman–Crippen MR) is 85.3 cm³/mol. The van der Waals surface area contributed by atoms with E-state index >= 15 is 0 Å². The fraction of sp³-hybridized carbons (Fsp3) is 0.0667. The number of aromatic carboxylic acids is 1. The molecule has 0 unspecified atom stereocenters. The lowest BCUT2D eigenvalue weighted by Crippen LogP contribution is -2.27. The van der Waals surface area contributed by atoms with E-state index in [2.05, 4.69) is 15.9 Å². The Morgan fingerprint density at radius 3 is 2.48 bits per heavy atom. The first-order valence-electron chi connectivity index (χ1n) is 5.97. The van der Waals surface area contributed by atoms with Crippen molar-refractivity contribution in [2.24, 2.45) is 0 Å². The number of carbonyl (C=O) groups is 2. The van der Waals surface area contributed by atoms with Gasteiger partial charge < -0.3 is 10.0 Å². The number of carboxylic acid groups (broad SMARTS) is 1. The van der Waals surface area contributed by atoms with Crippen LogP contribution in [0.2, 0.25) is 5.02 Å². The monoisotopic (exact) mass is 367 g/mol. The molecule has 0 heterocycles. The molecule has 0 aliphatic rings. The molecule has 6 heteroatoms. The maximum absolute atomic E-state index is 12.4. The second-order valence-corrected chi connectivity index (χ2v) is 5.58. The molecule has 0 saturated carbocycles. The molecule has 0 fully saturated rings. The molecule has 0 aliphatic carbocycles. The van der Waals surface area contributed by atoms with Gasteiger partial charge in [-0.1, -0.05) is 23.7 Å². The zero-order valence-corrected chi connectivity index (χ0v) is 13.4. The molecule has 2 rings (SSSR count). The van der Waals surface area contributed by atoms with Gasteiger partial charge in [0.2, 0.25) is 0 Å². The summed E-state index contributed by atoms with van der Waals surface area (Å²) in [5.74, 6) is -1.42. The number of para-hydroxylation sites is 1. The Labute approximate surface area is 135 Å². The molecule has 1 amide bonds. The largest absolute Gasteiger partial charge is 0.478 e. The Balaban J connectivity index is 2.40. The third-order valence-electron chi connectivity index (χ3n) is 2.97. The Bertz CT molecular complexity index is 718. The molecule has 1 N–H and O–H groups in total. The van der Waals surface area contributed by atoms with Crippen molar-refractivity contribution in [2.45, 2.75) is 0 Å². The van der Waals surface area contributed by atoms with Gasteiger partial charge in [0, 0.05) is 17.1 Å². The van der Waals surface area contributed by atoms with Crippen LogP contribution in [0.4, 0.5) is 5.69 Å². The minimum absolute atomic E-state index is 0.0663. The lowest BCUT2D eigenvalue weighted by atomic mass is 10.1. The van der Waals surface area contributed by atoms with Gasteiger partial charge in [0.25, 0.3) is 5.91 Å². The van der Waals surface area contributed by atoms with Gasteiger partial charge >= 0.3 is 5.97 Å². The van der Waals surface area contributed by atoms with Crippen molar-refractivity contribution < 1.29 is 14.7 Å². The molecule has 0 saturated heterocycles. The number of amides is 1. The second-order valence-electron chi connectivity index (χ2n) is 4.32. The van der Waals surface area contributed by atoms with E-state index in [-0.39, 0.29) is 11.5 Å². The fourth-order valence-electron chi connectivity index (χ4n) is 1.88. The molecule has 4 nitrogen and oxygen atoms in total. The fourth-order valence-corrected chi connectivity index (χ4v) is 2.31. The molecule has 2 aromatic rings. The molecule has 0 aromatic heterocycles. The van der Waals surface area contributed by atoms with E-state index in [0.29, 0.717) is 20.7 Å². The average Bonchev–Trinajstić information content (AvgIpc) is 2.48. The zero-order chi connectivity index (χ0) is 15.6. The molecular weight excluding hydrogens is 358 g/mol. The minimum Gasteiger partial charge on any atom is -0.478 e. The summed E-state index contributed by atoms with van der Waals surface area (Å²) < 4.78 is 0.689. The Kier molecular flexibility index (Phi) is 4.65. The third-order valence-corrected chi connectivity index (χ3v) is 4.20. The average molecular weight is 369 g/mol. The predicted octanol–water partition coefficient (Wildman–Crippen LogP) is 4.08. The summed E-state index contributed by atoms with van der Waals surface area (Å²) in [4.78, 5) is 25.0. The Morgan fingerprint density at radius 1 is 1.19 bits per heavy atom. The van der Waals surface area contributed by atoms with Gasteiger partial charge in [0.05, 0.1) is 16.3 Å². The van der Waals surface area contributed by atoms with Crippen LogP contribution in [0.1, 0.15) is 20.7 Å². The van der Waals surface area contributed by atoms with Gasteiger partial charge in [-0.05, 0) is 46.3 Å². The molecule has 0 spiro atoms. The highest BCUT2D eigenvalue weighted by atomic mass is 79.9. The highest BCUT2D eigenvalue weighted by molar-refractivity contribution is 9.10. The number of benzene rings is 2. The number of halogens is 2. The van der Waals surface area contributed by atoms with Gasteiger partial charge in [0.1, 0.15) is 0 Å². The zero-order valence-electron chi connectivity index (χ0n) is 11.0. The normalized spacial score (nSPS) is 10.2. The van der Waals surface area contributed by atoms with Gasteiger partial charge in [-0.25, -0.2) is 4.79 Å². The van der Waals surface area contributed by atoms with Gasteiger partial charge in [-0.2, -0.15) is 0 Å². The van der Waals surface area contributed by atoms with E-state index in [9.17, 15) is 14.7 Å². The first kappa shape index (κ1) is 15.5. The number of hydrogen-bond donors (Lipinski definition) is 1. The van der Waals surface area contributed by atoms with Crippen LogP contribution in [0.15, 0.2) is 46.9 Å². The van der Waals surface area contributed by atoms with E-state index < -0.39 is 5.97 Å². The van der Waals surface area contributed by atoms with Crippen molar-refractivity contribution in [3.05, 3.63) is 63.1 Å². The maximum atomic E-state index is 12.4. The van der Waals surface area contributed by atoms with Gasteiger partial charge in [-0.15, -0.1) is 0 Å². The van der Waals surface area contributed by atoms with Gasteiger partial charge in [0.15, 0.2) is 0 Å². The number of carbonyl (C=O) groups excluding carboxylic acids is 1. The standard InChI is InChI=1S/C15H11BrClNO3/c1-18(13-5-3-2-4-10(13)15(20)21)14(19)9-6-7-11(16)12(17)8-9/h2-8H,1H3,(H,20,21). The first-order valence-corrected chi connectivity index (χ1v) is 7.14. The van der Waals surface area contributed by atoms with Crippen LogP contribution in [0.5, 0.6) is 0 Å². The maximum Gasteiger partial charge on any atom is 0.337 e. The van der Waals surface area contributed by atoms with Crippen molar-refractivity contribution in [3.8, 4) is 0 Å². The van der Waals surface area contributed by atoms with Crippen LogP contribution in [-0.2, 0) is 0 Å². The number of anilines is 1. The van der Waals surface area contributed by atoms with Crippen LogP contribution in [0, 0.1) is 0 Å². The molecule has 0 bridgehead atoms. The summed E-state index contributed by atoms with van der Waals surface area (Å²) in [6.45, 7) is 0. The Hall–Kier alpha value is -1.85. The van der Waals surface area contributed by atoms with Crippen molar-refractivity contribution >= 4 is 45.1 Å². The van der Waals surface area contributed by atoms with Crippen LogP contribution in [0.25, 0.3) is 0 Å². The van der Waals surface area contributed by atoms with Crippen LogP contribution in [0.3, 0.4) is 0 Å². The second kappa shape index (κ2) is 6.28. The van der Waals surface area contributed by atoms with Crippen LogP contribution < -0.4 is 4.90 Å². The van der Waals surface area contributed by atoms with Crippen molar-refractivity contribution in [3.63, 3.8) is 0 Å². The highest BCUT2D eigenvalue weighted by Gasteiger charge is 2.19. The molecule has 0 atom stereocenters. The number of nitrogens with zero attached hydrogens (tertiary/aromatic N) is 1. The van der Waals surface area contributed by atoms with E-state index in [4.69, 9.17) is 11.6 Å². The summed E-state index contributed by atoms with van der Waals surface area (Å²) >= 11 is 9.24. The van der Waals surface area contributed by atoms with E-state index in [1.165, 1.54) is 24.1 Å². The summed E-state index contributed by atoms with van der Waals surface area (Å²) in [6, 6.07) is 11.2.